The lowest BCUT2D eigenvalue weighted by molar-refractivity contribution is -0.142. The minimum Gasteiger partial charge on any atom is -0.480 e. The molecule has 0 saturated carbocycles. The highest BCUT2D eigenvalue weighted by Gasteiger charge is 2.27. The first-order valence-electron chi connectivity index (χ1n) is 9.81. The van der Waals surface area contributed by atoms with E-state index in [1.807, 2.05) is 0 Å². The smallest absolute Gasteiger partial charge is 0.418 e. The maximum Gasteiger partial charge on any atom is 0.418 e. The van der Waals surface area contributed by atoms with E-state index in [0.29, 0.717) is 5.69 Å². The summed E-state index contributed by atoms with van der Waals surface area (Å²) in [4.78, 5) is 77.4. The van der Waals surface area contributed by atoms with Crippen LogP contribution in [0.5, 0.6) is 0 Å². The standard InChI is InChI=1S/C20H18ClN7O8/c1-9(16(30)27-13(19(33)34)4-11-6-23-7-24-11)25-17(31)18(32)26-12-2-10(5-22)3-14(15(12)21)28(8-29)20(35)36/h2-3,6-9,13H,4H2,1H3,(H,23,24)(H,25,31)(H,26,32)(H,27,30)(H,33,34)(H,35,36). The summed E-state index contributed by atoms with van der Waals surface area (Å²) < 4.78 is 0. The Hall–Kier alpha value is -4.97. The molecule has 16 heteroatoms. The van der Waals surface area contributed by atoms with Crippen molar-refractivity contribution in [2.75, 3.05) is 10.2 Å². The molecule has 5 amide bonds. The van der Waals surface area contributed by atoms with E-state index >= 15 is 0 Å². The molecule has 0 radical (unpaired) electrons. The lowest BCUT2D eigenvalue weighted by Crippen LogP contribution is -2.52. The first-order valence-corrected chi connectivity index (χ1v) is 10.2. The van der Waals surface area contributed by atoms with Gasteiger partial charge in [0.1, 0.15) is 12.1 Å². The second-order valence-electron chi connectivity index (χ2n) is 7.06. The van der Waals surface area contributed by atoms with E-state index in [0.717, 1.165) is 12.1 Å². The number of nitrogens with one attached hydrogen (secondary N) is 4. The zero-order valence-electron chi connectivity index (χ0n) is 18.3. The van der Waals surface area contributed by atoms with E-state index in [1.165, 1.54) is 19.4 Å². The lowest BCUT2D eigenvalue weighted by Gasteiger charge is -2.19. The number of nitriles is 1. The number of rotatable bonds is 9. The Morgan fingerprint density at radius 3 is 2.44 bits per heavy atom. The van der Waals surface area contributed by atoms with Crippen LogP contribution in [0.15, 0.2) is 24.7 Å². The topological polar surface area (TPSA) is 235 Å². The SMILES string of the molecule is CC(NC(=O)C(=O)Nc1cc(C#N)cc(N(C=O)C(=O)O)c1Cl)C(=O)NC(Cc1cnc[nH]1)C(=O)O. The number of carbonyl (C=O) groups excluding carboxylic acids is 4. The van der Waals surface area contributed by atoms with Crippen molar-refractivity contribution in [1.82, 2.24) is 20.6 Å². The van der Waals surface area contributed by atoms with Crippen LogP contribution in [0.4, 0.5) is 16.2 Å². The van der Waals surface area contributed by atoms with Gasteiger partial charge in [-0.2, -0.15) is 5.26 Å². The first-order chi connectivity index (χ1) is 17.0. The van der Waals surface area contributed by atoms with Gasteiger partial charge in [0.25, 0.3) is 0 Å². The van der Waals surface area contributed by atoms with Crippen LogP contribution >= 0.6 is 11.6 Å². The zero-order valence-corrected chi connectivity index (χ0v) is 19.1. The molecule has 2 atom stereocenters. The number of imide groups is 1. The van der Waals surface area contributed by atoms with Crippen LogP contribution in [0, 0.1) is 11.3 Å². The molecule has 0 saturated heterocycles. The minimum absolute atomic E-state index is 0.0833. The maximum absolute atomic E-state index is 12.4. The fraction of sp³-hybridized carbons (Fsp3) is 0.200. The molecule has 0 aliphatic heterocycles. The predicted octanol–water partition coefficient (Wildman–Crippen LogP) is -0.169. The number of hydrogen-bond donors (Lipinski definition) is 6. The minimum atomic E-state index is -1.72. The Kier molecular flexibility index (Phi) is 9.05. The number of H-pyrrole nitrogens is 1. The van der Waals surface area contributed by atoms with Crippen molar-refractivity contribution in [3.05, 3.63) is 40.9 Å². The van der Waals surface area contributed by atoms with E-state index in [4.69, 9.17) is 22.0 Å². The van der Waals surface area contributed by atoms with Crippen LogP contribution in [0.25, 0.3) is 0 Å². The van der Waals surface area contributed by atoms with E-state index < -0.39 is 52.6 Å². The van der Waals surface area contributed by atoms with Crippen LogP contribution < -0.4 is 20.9 Å². The van der Waals surface area contributed by atoms with Crippen molar-refractivity contribution in [3.8, 4) is 6.07 Å². The molecule has 6 N–H and O–H groups in total. The number of imidazole rings is 1. The van der Waals surface area contributed by atoms with E-state index in [-0.39, 0.29) is 29.0 Å². The van der Waals surface area contributed by atoms with Crippen LogP contribution in [0.1, 0.15) is 18.2 Å². The third kappa shape index (κ3) is 6.77. The van der Waals surface area contributed by atoms with E-state index in [1.54, 1.807) is 6.07 Å². The Morgan fingerprint density at radius 1 is 1.22 bits per heavy atom. The van der Waals surface area contributed by atoms with Gasteiger partial charge in [-0.3, -0.25) is 19.2 Å². The van der Waals surface area contributed by atoms with E-state index in [2.05, 4.69) is 25.9 Å². The van der Waals surface area contributed by atoms with Gasteiger partial charge < -0.3 is 31.1 Å². The van der Waals surface area contributed by atoms with Crippen molar-refractivity contribution < 1.29 is 39.0 Å². The summed E-state index contributed by atoms with van der Waals surface area (Å²) in [5.74, 6) is -4.93. The van der Waals surface area contributed by atoms with Gasteiger partial charge in [0.2, 0.25) is 12.3 Å². The number of benzene rings is 1. The largest absolute Gasteiger partial charge is 0.480 e. The van der Waals surface area contributed by atoms with Crippen LogP contribution in [0.2, 0.25) is 5.02 Å². The molecule has 1 heterocycles. The van der Waals surface area contributed by atoms with Crippen molar-refractivity contribution in [3.63, 3.8) is 0 Å². The number of hydrogen-bond acceptors (Lipinski definition) is 8. The molecule has 188 valence electrons. The van der Waals surface area contributed by atoms with Crippen LogP contribution in [0.3, 0.4) is 0 Å². The quantitative estimate of drug-likeness (QED) is 0.189. The van der Waals surface area contributed by atoms with Gasteiger partial charge in [0.05, 0.1) is 34.4 Å². The molecular formula is C20H18ClN7O8. The van der Waals surface area contributed by atoms with Gasteiger partial charge in [-0.15, -0.1) is 0 Å². The number of halogens is 1. The molecule has 2 rings (SSSR count). The molecule has 0 bridgehead atoms. The average molecular weight is 520 g/mol. The molecule has 2 unspecified atom stereocenters. The first kappa shape index (κ1) is 27.3. The summed E-state index contributed by atoms with van der Waals surface area (Å²) in [6.07, 6.45) is 0.785. The van der Waals surface area contributed by atoms with Crippen molar-refractivity contribution in [1.29, 1.82) is 5.26 Å². The fourth-order valence-corrected chi connectivity index (χ4v) is 3.01. The molecule has 0 aliphatic carbocycles. The van der Waals surface area contributed by atoms with Gasteiger partial charge in [-0.1, -0.05) is 11.6 Å². The second-order valence-corrected chi connectivity index (χ2v) is 7.43. The number of aromatic amines is 1. The van der Waals surface area contributed by atoms with Crippen molar-refractivity contribution in [2.24, 2.45) is 0 Å². The molecule has 36 heavy (non-hydrogen) atoms. The van der Waals surface area contributed by atoms with Crippen molar-refractivity contribution >= 4 is 59.2 Å². The summed E-state index contributed by atoms with van der Waals surface area (Å²) >= 11 is 6.06. The molecule has 0 spiro atoms. The number of anilines is 2. The highest BCUT2D eigenvalue weighted by atomic mass is 35.5. The second kappa shape index (κ2) is 11.9. The number of aromatic nitrogens is 2. The highest BCUT2D eigenvalue weighted by Crippen LogP contribution is 2.34. The number of carboxylic acids is 1. The number of aliphatic carboxylic acids is 1. The van der Waals surface area contributed by atoms with Gasteiger partial charge in [-0.25, -0.2) is 19.5 Å². The van der Waals surface area contributed by atoms with Gasteiger partial charge in [0.15, 0.2) is 0 Å². The van der Waals surface area contributed by atoms with Crippen molar-refractivity contribution in [2.45, 2.75) is 25.4 Å². The number of carboxylic acid groups (broad SMARTS) is 2. The van der Waals surface area contributed by atoms with Gasteiger partial charge in [-0.05, 0) is 19.1 Å². The summed E-state index contributed by atoms with van der Waals surface area (Å²) in [5.41, 5.74) is -0.561. The zero-order chi connectivity index (χ0) is 27.0. The molecule has 15 nitrogen and oxygen atoms in total. The van der Waals surface area contributed by atoms with Gasteiger partial charge in [0, 0.05) is 18.3 Å². The summed E-state index contributed by atoms with van der Waals surface area (Å²) in [6.45, 7) is 1.20. The molecule has 1 aromatic heterocycles. The maximum atomic E-state index is 12.4. The molecular weight excluding hydrogens is 502 g/mol. The summed E-state index contributed by atoms with van der Waals surface area (Å²) in [5, 5.41) is 33.5. The van der Waals surface area contributed by atoms with E-state index in [9.17, 15) is 33.9 Å². The summed E-state index contributed by atoms with van der Waals surface area (Å²) in [7, 11) is 0. The third-order valence-electron chi connectivity index (χ3n) is 4.54. The molecule has 0 fully saturated rings. The number of nitrogens with zero attached hydrogens (tertiary/aromatic N) is 3. The third-order valence-corrected chi connectivity index (χ3v) is 4.94. The molecule has 1 aromatic carbocycles. The highest BCUT2D eigenvalue weighted by molar-refractivity contribution is 6.43. The summed E-state index contributed by atoms with van der Waals surface area (Å²) in [6, 6.07) is 1.01. The lowest BCUT2D eigenvalue weighted by atomic mass is 10.1. The van der Waals surface area contributed by atoms with Gasteiger partial charge >= 0.3 is 23.9 Å². The average Bonchev–Trinajstić information content (AvgIpc) is 3.33. The fourth-order valence-electron chi connectivity index (χ4n) is 2.76. The van der Waals surface area contributed by atoms with Crippen LogP contribution in [-0.4, -0.2) is 68.5 Å². The number of amides is 5. The normalized spacial score (nSPS) is 11.8. The monoisotopic (exact) mass is 519 g/mol. The Morgan fingerprint density at radius 2 is 1.92 bits per heavy atom. The number of carbonyl (C=O) groups is 6. The molecule has 0 aliphatic rings. The Labute approximate surface area is 207 Å². The Balaban J connectivity index is 2.11. The van der Waals surface area contributed by atoms with Crippen LogP contribution in [-0.2, 0) is 30.4 Å². The predicted molar refractivity (Wildman–Crippen MR) is 121 cm³/mol. The molecule has 2 aromatic rings. The Bertz CT molecular complexity index is 1240.